The van der Waals surface area contributed by atoms with Gasteiger partial charge in [-0.3, -0.25) is 9.59 Å². The van der Waals surface area contributed by atoms with E-state index in [0.29, 0.717) is 19.2 Å². The van der Waals surface area contributed by atoms with Crippen LogP contribution in [0.1, 0.15) is 6.42 Å². The highest BCUT2D eigenvalue weighted by molar-refractivity contribution is 7.59. The lowest BCUT2D eigenvalue weighted by Crippen LogP contribution is -2.25. The maximum absolute atomic E-state index is 11.5. The van der Waals surface area contributed by atoms with Gasteiger partial charge in [0.05, 0.1) is 19.3 Å². The van der Waals surface area contributed by atoms with Crippen molar-refractivity contribution in [1.82, 2.24) is 0 Å². The topological polar surface area (TPSA) is 52.6 Å². The molecule has 13 heavy (non-hydrogen) atoms. The van der Waals surface area contributed by atoms with Gasteiger partial charge in [-0.1, -0.05) is 0 Å². The number of rotatable bonds is 3. The summed E-state index contributed by atoms with van der Waals surface area (Å²) in [6, 6.07) is 0. The van der Waals surface area contributed by atoms with Gasteiger partial charge in [-0.2, -0.15) is 0 Å². The number of ether oxygens (including phenoxy) is 2. The first-order valence-corrected chi connectivity index (χ1v) is 6.16. The third kappa shape index (κ3) is 1.89. The maximum atomic E-state index is 11.5. The molecule has 2 heterocycles. The van der Waals surface area contributed by atoms with Crippen LogP contribution in [0.4, 0.5) is 0 Å². The predicted molar refractivity (Wildman–Crippen MR) is 46.7 cm³/mol. The van der Waals surface area contributed by atoms with Crippen LogP contribution in [0.2, 0.25) is 0 Å². The van der Waals surface area contributed by atoms with E-state index in [-0.39, 0.29) is 19.7 Å². The molecular weight excluding hydrogens is 191 g/mol. The Kier molecular flexibility index (Phi) is 2.61. The highest BCUT2D eigenvalue weighted by Crippen LogP contribution is 2.44. The molecular formula is C8H11O4P. The van der Waals surface area contributed by atoms with Crippen molar-refractivity contribution in [3.63, 3.8) is 0 Å². The lowest BCUT2D eigenvalue weighted by atomic mass is 10.0. The van der Waals surface area contributed by atoms with Gasteiger partial charge in [0.25, 0.3) is 0 Å². The zero-order chi connectivity index (χ0) is 9.26. The Morgan fingerprint density at radius 1 is 1.54 bits per heavy atom. The molecule has 0 radical (unpaired) electrons. The molecule has 0 amide bonds. The van der Waals surface area contributed by atoms with Crippen LogP contribution >= 0.6 is 7.92 Å². The van der Waals surface area contributed by atoms with Gasteiger partial charge < -0.3 is 9.47 Å². The number of esters is 1. The van der Waals surface area contributed by atoms with E-state index in [1.807, 2.05) is 0 Å². The lowest BCUT2D eigenvalue weighted by Gasteiger charge is -2.26. The van der Waals surface area contributed by atoms with Crippen LogP contribution in [0, 0.1) is 5.92 Å². The largest absolute Gasteiger partial charge is 0.465 e. The van der Waals surface area contributed by atoms with Crippen molar-refractivity contribution in [2.75, 3.05) is 25.5 Å². The normalized spacial score (nSPS) is 28.3. The van der Waals surface area contributed by atoms with E-state index in [2.05, 4.69) is 0 Å². The zero-order valence-electron chi connectivity index (χ0n) is 7.19. The molecule has 1 atom stereocenters. The van der Waals surface area contributed by atoms with Crippen molar-refractivity contribution < 1.29 is 19.1 Å². The highest BCUT2D eigenvalue weighted by Gasteiger charge is 2.35. The van der Waals surface area contributed by atoms with E-state index in [4.69, 9.17) is 9.47 Å². The van der Waals surface area contributed by atoms with Crippen LogP contribution in [0.3, 0.4) is 0 Å². The minimum Gasteiger partial charge on any atom is -0.465 e. The van der Waals surface area contributed by atoms with Crippen LogP contribution in [0.5, 0.6) is 0 Å². The van der Waals surface area contributed by atoms with Crippen LogP contribution in [0.25, 0.3) is 0 Å². The van der Waals surface area contributed by atoms with Gasteiger partial charge in [0, 0.05) is 12.6 Å². The summed E-state index contributed by atoms with van der Waals surface area (Å²) in [5.74, 6) is -0.749. The standard InChI is InChI=1S/C8H11O4P/c9-7(3-13-4-11-5-13)6-1-2-12-8(6)10/h6H,1-5H2. The second-order valence-corrected chi connectivity index (χ2v) is 5.44. The van der Waals surface area contributed by atoms with Crippen molar-refractivity contribution in [2.45, 2.75) is 6.42 Å². The molecule has 0 aliphatic carbocycles. The summed E-state index contributed by atoms with van der Waals surface area (Å²) in [4.78, 5) is 22.6. The third-order valence-electron chi connectivity index (χ3n) is 2.25. The van der Waals surface area contributed by atoms with E-state index < -0.39 is 5.92 Å². The fraction of sp³-hybridized carbons (Fsp3) is 0.750. The number of hydrogen-bond acceptors (Lipinski definition) is 4. The fourth-order valence-corrected chi connectivity index (χ4v) is 2.72. The first-order chi connectivity index (χ1) is 6.27. The molecule has 4 nitrogen and oxygen atoms in total. The van der Waals surface area contributed by atoms with Crippen LogP contribution in [0.15, 0.2) is 0 Å². The molecule has 0 saturated carbocycles. The van der Waals surface area contributed by atoms with Gasteiger partial charge in [-0.05, 0) is 7.92 Å². The SMILES string of the molecule is O=C(CP1COC1)C1CCOC1=O. The Labute approximate surface area is 77.3 Å². The number of ketones is 1. The van der Waals surface area contributed by atoms with E-state index in [0.717, 1.165) is 12.7 Å². The fourth-order valence-electron chi connectivity index (χ4n) is 1.43. The minimum atomic E-state index is -0.469. The zero-order valence-corrected chi connectivity index (χ0v) is 8.09. The molecule has 0 aromatic rings. The Bertz CT molecular complexity index is 236. The molecule has 1 unspecified atom stereocenters. The Hall–Kier alpha value is -0.470. The summed E-state index contributed by atoms with van der Waals surface area (Å²) >= 11 is 0. The van der Waals surface area contributed by atoms with Gasteiger partial charge in [0.15, 0.2) is 5.78 Å². The van der Waals surface area contributed by atoms with E-state index in [1.165, 1.54) is 0 Å². The highest BCUT2D eigenvalue weighted by atomic mass is 31.1. The van der Waals surface area contributed by atoms with Crippen molar-refractivity contribution >= 4 is 19.7 Å². The number of Topliss-reactive ketones (excluding diaryl/α,β-unsaturated/α-hetero) is 1. The van der Waals surface area contributed by atoms with Crippen LogP contribution < -0.4 is 0 Å². The molecule has 2 rings (SSSR count). The van der Waals surface area contributed by atoms with E-state index in [1.54, 1.807) is 0 Å². The van der Waals surface area contributed by atoms with Crippen LogP contribution in [-0.2, 0) is 19.1 Å². The molecule has 0 N–H and O–H groups in total. The third-order valence-corrected chi connectivity index (χ3v) is 4.11. The van der Waals surface area contributed by atoms with Crippen molar-refractivity contribution in [3.05, 3.63) is 0 Å². The predicted octanol–water partition coefficient (Wildman–Crippen LogP) is 0.546. The quantitative estimate of drug-likeness (QED) is 0.381. The summed E-state index contributed by atoms with van der Waals surface area (Å²) < 4.78 is 9.72. The number of carbonyl (C=O) groups excluding carboxylic acids is 2. The number of carbonyl (C=O) groups is 2. The molecule has 72 valence electrons. The molecule has 0 spiro atoms. The van der Waals surface area contributed by atoms with Crippen molar-refractivity contribution in [2.24, 2.45) is 5.92 Å². The lowest BCUT2D eigenvalue weighted by molar-refractivity contribution is -0.144. The van der Waals surface area contributed by atoms with Gasteiger partial charge in [-0.15, -0.1) is 0 Å². The number of cyclic esters (lactones) is 1. The summed E-state index contributed by atoms with van der Waals surface area (Å²) in [6.07, 6.45) is 2.56. The summed E-state index contributed by atoms with van der Waals surface area (Å²) in [5.41, 5.74) is 0. The van der Waals surface area contributed by atoms with Crippen LogP contribution in [-0.4, -0.2) is 37.2 Å². The van der Waals surface area contributed by atoms with E-state index >= 15 is 0 Å². The van der Waals surface area contributed by atoms with Gasteiger partial charge >= 0.3 is 5.97 Å². The average Bonchev–Trinajstić information content (AvgIpc) is 2.43. The van der Waals surface area contributed by atoms with Crippen molar-refractivity contribution in [1.29, 1.82) is 0 Å². The monoisotopic (exact) mass is 202 g/mol. The molecule has 0 bridgehead atoms. The Morgan fingerprint density at radius 3 is 2.77 bits per heavy atom. The Morgan fingerprint density at radius 2 is 2.31 bits per heavy atom. The number of hydrogen-bond donors (Lipinski definition) is 0. The van der Waals surface area contributed by atoms with Gasteiger partial charge in [0.1, 0.15) is 5.92 Å². The Balaban J connectivity index is 1.84. The maximum Gasteiger partial charge on any atom is 0.316 e. The van der Waals surface area contributed by atoms with Gasteiger partial charge in [0.2, 0.25) is 0 Å². The molecule has 0 aromatic heterocycles. The molecule has 2 saturated heterocycles. The molecule has 0 aromatic carbocycles. The average molecular weight is 202 g/mol. The molecule has 2 aliphatic rings. The smallest absolute Gasteiger partial charge is 0.316 e. The van der Waals surface area contributed by atoms with Gasteiger partial charge in [-0.25, -0.2) is 0 Å². The first-order valence-electron chi connectivity index (χ1n) is 4.27. The molecule has 5 heteroatoms. The minimum absolute atomic E-state index is 0.0527. The van der Waals surface area contributed by atoms with E-state index in [9.17, 15) is 9.59 Å². The second-order valence-electron chi connectivity index (χ2n) is 3.27. The second kappa shape index (κ2) is 3.72. The molecule has 2 fully saturated rings. The van der Waals surface area contributed by atoms with Crippen molar-refractivity contribution in [3.8, 4) is 0 Å². The first kappa shape index (κ1) is 9.10. The summed E-state index contributed by atoms with van der Waals surface area (Å²) in [5, 5.41) is 0. The molecule has 2 aliphatic heterocycles. The summed E-state index contributed by atoms with van der Waals surface area (Å²) in [7, 11) is -0.252. The summed E-state index contributed by atoms with van der Waals surface area (Å²) in [6.45, 7) is 0.406.